The van der Waals surface area contributed by atoms with Crippen molar-refractivity contribution in [3.63, 3.8) is 0 Å². The molecule has 0 N–H and O–H groups in total. The number of anilines is 3. The van der Waals surface area contributed by atoms with Gasteiger partial charge in [0.25, 0.3) is 0 Å². The molecule has 0 aliphatic heterocycles. The molecule has 0 saturated heterocycles. The first-order valence-electron chi connectivity index (χ1n) is 18.2. The third-order valence-corrected chi connectivity index (χ3v) is 12.2. The smallest absolute Gasteiger partial charge is 0.159 e. The Bertz CT molecular complexity index is 3450. The molecule has 4 heteroatoms. The summed E-state index contributed by atoms with van der Waals surface area (Å²) in [5.41, 5.74) is 9.15. The van der Waals surface area contributed by atoms with Crippen LogP contribution in [0.2, 0.25) is 0 Å². The molecule has 54 heavy (non-hydrogen) atoms. The molecule has 0 radical (unpaired) electrons. The molecule has 0 spiro atoms. The number of benzene rings is 9. The lowest BCUT2D eigenvalue weighted by Gasteiger charge is -2.26. The molecule has 0 amide bonds. The molecule has 0 fully saturated rings. The van der Waals surface area contributed by atoms with Crippen LogP contribution in [0.3, 0.4) is 0 Å². The van der Waals surface area contributed by atoms with Gasteiger partial charge in [0.2, 0.25) is 0 Å². The Balaban J connectivity index is 1.07. The molecule has 0 bridgehead atoms. The maximum absolute atomic E-state index is 6.65. The van der Waals surface area contributed by atoms with Gasteiger partial charge in [0.15, 0.2) is 5.58 Å². The second-order valence-corrected chi connectivity index (χ2v) is 15.1. The van der Waals surface area contributed by atoms with Gasteiger partial charge in [-0.3, -0.25) is 0 Å². The molecule has 0 atom stereocenters. The average molecular weight is 708 g/mol. The second kappa shape index (κ2) is 11.3. The van der Waals surface area contributed by atoms with Crippen LogP contribution in [0.15, 0.2) is 185 Å². The summed E-state index contributed by atoms with van der Waals surface area (Å²) >= 11 is 1.83. The first kappa shape index (κ1) is 29.7. The van der Waals surface area contributed by atoms with E-state index in [1.807, 2.05) is 17.4 Å². The van der Waals surface area contributed by atoms with Crippen LogP contribution < -0.4 is 4.90 Å². The summed E-state index contributed by atoms with van der Waals surface area (Å²) in [5, 5.41) is 11.8. The molecule has 3 aromatic heterocycles. The number of hydrogen-bond acceptors (Lipinski definition) is 4. The number of furan rings is 2. The van der Waals surface area contributed by atoms with Crippen molar-refractivity contribution >= 4 is 114 Å². The SMILES string of the molecule is c1ccc2c(-c3ccc(N(c4ccc5c(c4)sc4ccc6oc7c8ccccc8ccc7c6c45)c4cccc5c4oc4ccccc45)cc3)cccc2c1. The summed E-state index contributed by atoms with van der Waals surface area (Å²) in [4.78, 5) is 2.34. The van der Waals surface area contributed by atoms with Gasteiger partial charge in [-0.1, -0.05) is 121 Å². The Morgan fingerprint density at radius 2 is 1.07 bits per heavy atom. The van der Waals surface area contributed by atoms with Crippen LogP contribution in [-0.2, 0) is 0 Å². The van der Waals surface area contributed by atoms with E-state index >= 15 is 0 Å². The van der Waals surface area contributed by atoms with Crippen LogP contribution in [-0.4, -0.2) is 0 Å². The number of fused-ring (bicyclic) bond motifs is 13. The van der Waals surface area contributed by atoms with Crippen molar-refractivity contribution in [1.82, 2.24) is 0 Å². The normalized spacial score (nSPS) is 12.1. The van der Waals surface area contributed by atoms with Crippen molar-refractivity contribution in [1.29, 1.82) is 0 Å². The largest absolute Gasteiger partial charge is 0.455 e. The van der Waals surface area contributed by atoms with E-state index in [1.54, 1.807) is 0 Å². The summed E-state index contributed by atoms with van der Waals surface area (Å²) in [6.07, 6.45) is 0. The molecule has 12 rings (SSSR count). The Morgan fingerprint density at radius 1 is 0.389 bits per heavy atom. The van der Waals surface area contributed by atoms with Crippen LogP contribution in [0.4, 0.5) is 17.1 Å². The van der Waals surface area contributed by atoms with E-state index in [-0.39, 0.29) is 0 Å². The van der Waals surface area contributed by atoms with Crippen LogP contribution >= 0.6 is 11.3 Å². The fourth-order valence-electron chi connectivity index (χ4n) is 8.59. The minimum Gasteiger partial charge on any atom is -0.455 e. The monoisotopic (exact) mass is 707 g/mol. The Labute approximate surface area is 313 Å². The first-order chi connectivity index (χ1) is 26.8. The highest BCUT2D eigenvalue weighted by Gasteiger charge is 2.22. The second-order valence-electron chi connectivity index (χ2n) is 14.0. The fraction of sp³-hybridized carbons (Fsp3) is 0. The standard InChI is InChI=1S/C50H29NO2S/c1-3-12-35-30(9-1)11-7-15-36(35)32-19-22-33(23-20-32)51(42-17-8-16-39-38-14-5-6-18-43(38)52-50(39)42)34-24-26-40-46(29-34)54-45-28-27-44-47(48(40)45)41-25-21-31-10-2-4-13-37(31)49(41)53-44/h1-29H. The van der Waals surface area contributed by atoms with Crippen molar-refractivity contribution in [2.24, 2.45) is 0 Å². The minimum absolute atomic E-state index is 0.868. The minimum atomic E-state index is 0.868. The lowest BCUT2D eigenvalue weighted by atomic mass is 9.98. The maximum atomic E-state index is 6.65. The maximum Gasteiger partial charge on any atom is 0.159 e. The Morgan fingerprint density at radius 3 is 1.96 bits per heavy atom. The van der Waals surface area contributed by atoms with Gasteiger partial charge in [-0.25, -0.2) is 0 Å². The molecular weight excluding hydrogens is 679 g/mol. The van der Waals surface area contributed by atoms with Gasteiger partial charge in [0, 0.05) is 58.5 Å². The summed E-state index contributed by atoms with van der Waals surface area (Å²) in [6.45, 7) is 0. The van der Waals surface area contributed by atoms with E-state index in [9.17, 15) is 0 Å². The van der Waals surface area contributed by atoms with Crippen molar-refractivity contribution in [3.8, 4) is 11.1 Å². The summed E-state index contributed by atoms with van der Waals surface area (Å²) < 4.78 is 15.7. The fourth-order valence-corrected chi connectivity index (χ4v) is 9.74. The van der Waals surface area contributed by atoms with Gasteiger partial charge in [-0.05, 0) is 81.9 Å². The third kappa shape index (κ3) is 4.29. The van der Waals surface area contributed by atoms with E-state index in [0.717, 1.165) is 60.9 Å². The van der Waals surface area contributed by atoms with Gasteiger partial charge in [-0.2, -0.15) is 0 Å². The van der Waals surface area contributed by atoms with Crippen LogP contribution in [0, 0.1) is 0 Å². The zero-order valence-electron chi connectivity index (χ0n) is 28.9. The predicted octanol–water partition coefficient (Wildman–Crippen LogP) is 15.3. The average Bonchev–Trinajstić information content (AvgIpc) is 3.92. The lowest BCUT2D eigenvalue weighted by molar-refractivity contribution is 0.669. The van der Waals surface area contributed by atoms with Crippen LogP contribution in [0.25, 0.3) is 96.7 Å². The quantitative estimate of drug-likeness (QED) is 0.182. The Hall–Kier alpha value is -6.88. The molecule has 12 aromatic rings. The van der Waals surface area contributed by atoms with Crippen molar-refractivity contribution < 1.29 is 8.83 Å². The van der Waals surface area contributed by atoms with Gasteiger partial charge in [0.05, 0.1) is 5.69 Å². The van der Waals surface area contributed by atoms with Gasteiger partial charge in [-0.15, -0.1) is 11.3 Å². The highest BCUT2D eigenvalue weighted by molar-refractivity contribution is 7.26. The zero-order chi connectivity index (χ0) is 35.3. The van der Waals surface area contributed by atoms with Crippen molar-refractivity contribution in [2.75, 3.05) is 4.90 Å². The van der Waals surface area contributed by atoms with E-state index < -0.39 is 0 Å². The zero-order valence-corrected chi connectivity index (χ0v) is 29.7. The van der Waals surface area contributed by atoms with E-state index in [2.05, 4.69) is 175 Å². The predicted molar refractivity (Wildman–Crippen MR) is 229 cm³/mol. The first-order valence-corrected chi connectivity index (χ1v) is 19.1. The van der Waals surface area contributed by atoms with E-state index in [4.69, 9.17) is 8.83 Å². The number of thiophene rings is 1. The summed E-state index contributed by atoms with van der Waals surface area (Å²) in [5.74, 6) is 0. The molecule has 252 valence electrons. The molecular formula is C50H29NO2S. The van der Waals surface area contributed by atoms with E-state index in [1.165, 1.54) is 52.8 Å². The molecule has 0 aliphatic rings. The Kier molecular flexibility index (Phi) is 6.21. The highest BCUT2D eigenvalue weighted by atomic mass is 32.1. The van der Waals surface area contributed by atoms with Gasteiger partial charge in [0.1, 0.15) is 16.7 Å². The molecule has 3 heterocycles. The van der Waals surface area contributed by atoms with Crippen LogP contribution in [0.5, 0.6) is 0 Å². The number of rotatable bonds is 4. The van der Waals surface area contributed by atoms with Gasteiger partial charge < -0.3 is 13.7 Å². The highest BCUT2D eigenvalue weighted by Crippen LogP contribution is 2.47. The molecule has 0 saturated carbocycles. The molecule has 0 aliphatic carbocycles. The van der Waals surface area contributed by atoms with Crippen molar-refractivity contribution in [3.05, 3.63) is 176 Å². The van der Waals surface area contributed by atoms with Crippen molar-refractivity contribution in [2.45, 2.75) is 0 Å². The number of hydrogen-bond donors (Lipinski definition) is 0. The molecule has 0 unspecified atom stereocenters. The summed E-state index contributed by atoms with van der Waals surface area (Å²) in [7, 11) is 0. The lowest BCUT2D eigenvalue weighted by Crippen LogP contribution is -2.10. The number of para-hydroxylation sites is 2. The molecule has 9 aromatic carbocycles. The topological polar surface area (TPSA) is 29.5 Å². The molecule has 3 nitrogen and oxygen atoms in total. The van der Waals surface area contributed by atoms with Crippen LogP contribution in [0.1, 0.15) is 0 Å². The van der Waals surface area contributed by atoms with Gasteiger partial charge >= 0.3 is 0 Å². The summed E-state index contributed by atoms with van der Waals surface area (Å²) in [6, 6.07) is 63.0. The van der Waals surface area contributed by atoms with E-state index in [0.29, 0.717) is 0 Å². The third-order valence-electron chi connectivity index (χ3n) is 11.1. The number of nitrogens with zero attached hydrogens (tertiary/aromatic N) is 1.